The largest absolute Gasteiger partial charge is 0.427 e. The van der Waals surface area contributed by atoms with E-state index < -0.39 is 0 Å². The van der Waals surface area contributed by atoms with Crippen molar-refractivity contribution in [2.45, 2.75) is 18.6 Å². The van der Waals surface area contributed by atoms with E-state index in [1.54, 1.807) is 35.6 Å². The molecular formula is C18H19NO3S2. The molecule has 1 fully saturated rings. The quantitative estimate of drug-likeness (QED) is 0.612. The van der Waals surface area contributed by atoms with E-state index in [4.69, 9.17) is 4.74 Å². The Kier molecular flexibility index (Phi) is 5.58. The number of amides is 1. The molecule has 0 bridgehead atoms. The standard InChI is InChI=1S/C18H19NO3S2/c1-13(20)22-15-6-4-14(5-7-15)18(21)19-9-8-17(24-12-10-19)16-3-2-11-23-16/h2-7,11,17H,8-10,12H2,1H3. The van der Waals surface area contributed by atoms with Gasteiger partial charge in [-0.3, -0.25) is 9.59 Å². The molecule has 24 heavy (non-hydrogen) atoms. The Morgan fingerprint density at radius 1 is 1.17 bits per heavy atom. The summed E-state index contributed by atoms with van der Waals surface area (Å²) in [6.07, 6.45) is 0.975. The Morgan fingerprint density at radius 3 is 2.62 bits per heavy atom. The summed E-state index contributed by atoms with van der Waals surface area (Å²) in [4.78, 5) is 26.9. The van der Waals surface area contributed by atoms with Gasteiger partial charge in [-0.1, -0.05) is 6.07 Å². The third kappa shape index (κ3) is 4.19. The molecule has 1 amide bonds. The number of hydrogen-bond acceptors (Lipinski definition) is 5. The third-order valence-electron chi connectivity index (χ3n) is 3.85. The number of esters is 1. The molecule has 3 rings (SSSR count). The summed E-state index contributed by atoms with van der Waals surface area (Å²) < 4.78 is 5.00. The van der Waals surface area contributed by atoms with Crippen molar-refractivity contribution < 1.29 is 14.3 Å². The minimum Gasteiger partial charge on any atom is -0.427 e. The van der Waals surface area contributed by atoms with E-state index >= 15 is 0 Å². The van der Waals surface area contributed by atoms with Crippen molar-refractivity contribution in [2.75, 3.05) is 18.8 Å². The molecule has 1 unspecified atom stereocenters. The van der Waals surface area contributed by atoms with Crippen LogP contribution in [0.4, 0.5) is 0 Å². The molecule has 0 saturated carbocycles. The Bertz CT molecular complexity index is 698. The lowest BCUT2D eigenvalue weighted by Gasteiger charge is -2.20. The average molecular weight is 361 g/mol. The SMILES string of the molecule is CC(=O)Oc1ccc(C(=O)N2CCSC(c3cccs3)CC2)cc1. The molecule has 0 radical (unpaired) electrons. The highest BCUT2D eigenvalue weighted by Gasteiger charge is 2.23. The molecule has 126 valence electrons. The Hall–Kier alpha value is -1.79. The van der Waals surface area contributed by atoms with Crippen LogP contribution in [0, 0.1) is 0 Å². The minimum atomic E-state index is -0.363. The zero-order valence-electron chi connectivity index (χ0n) is 13.4. The molecule has 6 heteroatoms. The topological polar surface area (TPSA) is 46.6 Å². The summed E-state index contributed by atoms with van der Waals surface area (Å²) in [7, 11) is 0. The van der Waals surface area contributed by atoms with Crippen LogP contribution in [0.25, 0.3) is 0 Å². The summed E-state index contributed by atoms with van der Waals surface area (Å²) >= 11 is 3.71. The van der Waals surface area contributed by atoms with Gasteiger partial charge in [0.1, 0.15) is 5.75 Å². The molecule has 1 aliphatic rings. The molecular weight excluding hydrogens is 342 g/mol. The Morgan fingerprint density at radius 2 is 1.96 bits per heavy atom. The van der Waals surface area contributed by atoms with E-state index in [-0.39, 0.29) is 11.9 Å². The number of benzene rings is 1. The molecule has 1 aliphatic heterocycles. The number of carbonyl (C=O) groups is 2. The zero-order valence-corrected chi connectivity index (χ0v) is 15.1. The van der Waals surface area contributed by atoms with Gasteiger partial charge in [0.25, 0.3) is 5.91 Å². The van der Waals surface area contributed by atoms with E-state index in [9.17, 15) is 9.59 Å². The molecule has 2 aromatic rings. The number of nitrogens with zero attached hydrogens (tertiary/aromatic N) is 1. The van der Waals surface area contributed by atoms with E-state index in [1.807, 2.05) is 16.7 Å². The molecule has 1 aromatic carbocycles. The van der Waals surface area contributed by atoms with E-state index in [1.165, 1.54) is 11.8 Å². The van der Waals surface area contributed by atoms with Crippen molar-refractivity contribution in [2.24, 2.45) is 0 Å². The number of hydrogen-bond donors (Lipinski definition) is 0. The van der Waals surface area contributed by atoms with Gasteiger partial charge in [0.15, 0.2) is 0 Å². The second kappa shape index (κ2) is 7.85. The van der Waals surface area contributed by atoms with Crippen LogP contribution in [-0.4, -0.2) is 35.6 Å². The van der Waals surface area contributed by atoms with Gasteiger partial charge in [-0.2, -0.15) is 11.8 Å². The van der Waals surface area contributed by atoms with Crippen LogP contribution in [0.5, 0.6) is 5.75 Å². The van der Waals surface area contributed by atoms with E-state index in [2.05, 4.69) is 17.5 Å². The van der Waals surface area contributed by atoms with Gasteiger partial charge >= 0.3 is 5.97 Å². The van der Waals surface area contributed by atoms with Gasteiger partial charge in [-0.25, -0.2) is 0 Å². The van der Waals surface area contributed by atoms with Gasteiger partial charge in [-0.15, -0.1) is 11.3 Å². The fourth-order valence-corrected chi connectivity index (χ4v) is 4.93. The maximum absolute atomic E-state index is 12.7. The normalized spacial score (nSPS) is 18.0. The first-order valence-electron chi connectivity index (χ1n) is 7.86. The predicted molar refractivity (Wildman–Crippen MR) is 97.8 cm³/mol. The number of carbonyl (C=O) groups excluding carboxylic acids is 2. The van der Waals surface area contributed by atoms with Crippen LogP contribution < -0.4 is 4.74 Å². The van der Waals surface area contributed by atoms with E-state index in [0.717, 1.165) is 25.3 Å². The molecule has 1 atom stereocenters. The lowest BCUT2D eigenvalue weighted by Crippen LogP contribution is -2.32. The van der Waals surface area contributed by atoms with E-state index in [0.29, 0.717) is 16.6 Å². The molecule has 4 nitrogen and oxygen atoms in total. The molecule has 2 heterocycles. The predicted octanol–water partition coefficient (Wildman–Crippen LogP) is 3.99. The maximum Gasteiger partial charge on any atom is 0.308 e. The van der Waals surface area contributed by atoms with Crippen molar-refractivity contribution in [3.63, 3.8) is 0 Å². The Balaban J connectivity index is 1.63. The van der Waals surface area contributed by atoms with Gasteiger partial charge in [0, 0.05) is 41.5 Å². The van der Waals surface area contributed by atoms with Crippen LogP contribution in [0.2, 0.25) is 0 Å². The molecule has 0 aliphatic carbocycles. The lowest BCUT2D eigenvalue weighted by molar-refractivity contribution is -0.131. The molecule has 0 N–H and O–H groups in total. The summed E-state index contributed by atoms with van der Waals surface area (Å²) in [5, 5.41) is 2.59. The van der Waals surface area contributed by atoms with Gasteiger partial charge in [-0.05, 0) is 42.1 Å². The second-order valence-electron chi connectivity index (χ2n) is 5.57. The number of rotatable bonds is 3. The highest BCUT2D eigenvalue weighted by molar-refractivity contribution is 7.99. The van der Waals surface area contributed by atoms with Crippen molar-refractivity contribution in [1.29, 1.82) is 0 Å². The number of thiophene rings is 1. The van der Waals surface area contributed by atoms with Crippen molar-refractivity contribution in [1.82, 2.24) is 4.90 Å². The summed E-state index contributed by atoms with van der Waals surface area (Å²) in [6.45, 7) is 2.88. The van der Waals surface area contributed by atoms with Crippen LogP contribution in [0.15, 0.2) is 41.8 Å². The Labute approximate surface area is 149 Å². The van der Waals surface area contributed by atoms with Crippen molar-refractivity contribution in [3.05, 3.63) is 52.2 Å². The third-order valence-corrected chi connectivity index (χ3v) is 6.30. The fourth-order valence-electron chi connectivity index (χ4n) is 2.69. The van der Waals surface area contributed by atoms with Gasteiger partial charge < -0.3 is 9.64 Å². The smallest absolute Gasteiger partial charge is 0.308 e. The highest BCUT2D eigenvalue weighted by atomic mass is 32.2. The molecule has 1 saturated heterocycles. The van der Waals surface area contributed by atoms with Gasteiger partial charge in [0.05, 0.1) is 0 Å². The summed E-state index contributed by atoms with van der Waals surface area (Å²) in [5.74, 6) is 1.08. The minimum absolute atomic E-state index is 0.0387. The van der Waals surface area contributed by atoms with Crippen LogP contribution in [-0.2, 0) is 4.79 Å². The highest BCUT2D eigenvalue weighted by Crippen LogP contribution is 2.36. The van der Waals surface area contributed by atoms with Crippen molar-refractivity contribution >= 4 is 35.0 Å². The first-order chi connectivity index (χ1) is 11.6. The van der Waals surface area contributed by atoms with Crippen molar-refractivity contribution in [3.8, 4) is 5.75 Å². The average Bonchev–Trinajstić information content (AvgIpc) is 2.99. The molecule has 1 aromatic heterocycles. The fraction of sp³-hybridized carbons (Fsp3) is 0.333. The number of ether oxygens (including phenoxy) is 1. The first-order valence-corrected chi connectivity index (χ1v) is 9.79. The number of thioether (sulfide) groups is 1. The summed E-state index contributed by atoms with van der Waals surface area (Å²) in [5.41, 5.74) is 0.630. The lowest BCUT2D eigenvalue weighted by atomic mass is 10.1. The second-order valence-corrected chi connectivity index (χ2v) is 7.86. The zero-order chi connectivity index (χ0) is 16.9. The summed E-state index contributed by atoms with van der Waals surface area (Å²) in [6, 6.07) is 11.0. The maximum atomic E-state index is 12.7. The first kappa shape index (κ1) is 17.0. The van der Waals surface area contributed by atoms with Crippen LogP contribution in [0.1, 0.15) is 33.8 Å². The van der Waals surface area contributed by atoms with Crippen LogP contribution >= 0.6 is 23.1 Å². The molecule has 0 spiro atoms. The van der Waals surface area contributed by atoms with Crippen LogP contribution in [0.3, 0.4) is 0 Å². The monoisotopic (exact) mass is 361 g/mol. The van der Waals surface area contributed by atoms with Gasteiger partial charge in [0.2, 0.25) is 0 Å².